The van der Waals surface area contributed by atoms with Gasteiger partial charge < -0.3 is 10.6 Å². The molecule has 2 unspecified atom stereocenters. The van der Waals surface area contributed by atoms with Crippen molar-refractivity contribution in [2.75, 3.05) is 11.5 Å². The molecule has 2 atom stereocenters. The van der Waals surface area contributed by atoms with Gasteiger partial charge >= 0.3 is 0 Å². The Morgan fingerprint density at radius 2 is 1.88 bits per heavy atom. The average molecular weight is 246 g/mol. The molecule has 16 heavy (non-hydrogen) atoms. The van der Waals surface area contributed by atoms with Gasteiger partial charge in [-0.05, 0) is 45.6 Å². The number of carbonyl (C=O) groups is 1. The second-order valence-corrected chi connectivity index (χ2v) is 5.83. The van der Waals surface area contributed by atoms with Crippen LogP contribution in [0.1, 0.15) is 41.0 Å². The van der Waals surface area contributed by atoms with Gasteiger partial charge in [0.05, 0.1) is 6.04 Å². The molecular weight excluding hydrogens is 220 g/mol. The van der Waals surface area contributed by atoms with E-state index >= 15 is 0 Å². The number of thioether (sulfide) groups is 1. The Morgan fingerprint density at radius 1 is 1.25 bits per heavy atom. The van der Waals surface area contributed by atoms with Crippen LogP contribution in [0.2, 0.25) is 0 Å². The van der Waals surface area contributed by atoms with E-state index in [1.807, 2.05) is 32.5 Å². The molecule has 4 heteroatoms. The van der Waals surface area contributed by atoms with Crippen molar-refractivity contribution in [3.63, 3.8) is 0 Å². The average Bonchev–Trinajstić information content (AvgIpc) is 2.16. The fourth-order valence-electron chi connectivity index (χ4n) is 1.40. The summed E-state index contributed by atoms with van der Waals surface area (Å²) in [4.78, 5) is 11.6. The van der Waals surface area contributed by atoms with Gasteiger partial charge in [-0.1, -0.05) is 6.92 Å². The molecule has 0 aliphatic heterocycles. The van der Waals surface area contributed by atoms with Crippen molar-refractivity contribution in [3.05, 3.63) is 0 Å². The molecule has 0 aliphatic carbocycles. The maximum atomic E-state index is 11.6. The van der Waals surface area contributed by atoms with Crippen LogP contribution in [0.25, 0.3) is 0 Å². The third-order valence-electron chi connectivity index (χ3n) is 2.26. The quantitative estimate of drug-likeness (QED) is 0.644. The second-order valence-electron chi connectivity index (χ2n) is 4.44. The summed E-state index contributed by atoms with van der Waals surface area (Å²) in [6.07, 6.45) is 1.11. The molecule has 0 heterocycles. The molecule has 0 aliphatic rings. The lowest BCUT2D eigenvalue weighted by molar-refractivity contribution is -0.123. The van der Waals surface area contributed by atoms with Gasteiger partial charge in [0.1, 0.15) is 0 Å². The maximum absolute atomic E-state index is 11.6. The van der Waals surface area contributed by atoms with E-state index in [4.69, 9.17) is 0 Å². The van der Waals surface area contributed by atoms with Crippen molar-refractivity contribution < 1.29 is 4.79 Å². The Kier molecular flexibility index (Phi) is 8.76. The third-order valence-corrected chi connectivity index (χ3v) is 3.19. The van der Waals surface area contributed by atoms with E-state index in [9.17, 15) is 4.79 Å². The Hall–Kier alpha value is -0.220. The first-order valence-corrected chi connectivity index (χ1v) is 7.27. The Balaban J connectivity index is 3.76. The van der Waals surface area contributed by atoms with Crippen LogP contribution in [0.15, 0.2) is 0 Å². The van der Waals surface area contributed by atoms with Crippen molar-refractivity contribution in [1.82, 2.24) is 10.6 Å². The highest BCUT2D eigenvalue weighted by Crippen LogP contribution is 2.04. The van der Waals surface area contributed by atoms with Crippen LogP contribution in [0.3, 0.4) is 0 Å². The minimum Gasteiger partial charge on any atom is -0.353 e. The van der Waals surface area contributed by atoms with Crippen molar-refractivity contribution in [2.24, 2.45) is 0 Å². The Morgan fingerprint density at radius 3 is 2.38 bits per heavy atom. The number of carbonyl (C=O) groups excluding carboxylic acids is 1. The predicted octanol–water partition coefficient (Wildman–Crippen LogP) is 2.02. The summed E-state index contributed by atoms with van der Waals surface area (Å²) in [5, 5.41) is 6.23. The topological polar surface area (TPSA) is 41.1 Å². The molecule has 0 radical (unpaired) electrons. The van der Waals surface area contributed by atoms with Gasteiger partial charge in [-0.3, -0.25) is 4.79 Å². The molecule has 0 aromatic carbocycles. The van der Waals surface area contributed by atoms with Crippen molar-refractivity contribution >= 4 is 17.7 Å². The van der Waals surface area contributed by atoms with Gasteiger partial charge in [0.15, 0.2) is 0 Å². The highest BCUT2D eigenvalue weighted by molar-refractivity contribution is 7.99. The summed E-state index contributed by atoms with van der Waals surface area (Å²) in [5.41, 5.74) is 0. The van der Waals surface area contributed by atoms with Crippen LogP contribution in [0.4, 0.5) is 0 Å². The molecule has 2 N–H and O–H groups in total. The van der Waals surface area contributed by atoms with Crippen LogP contribution in [0.5, 0.6) is 0 Å². The lowest BCUT2D eigenvalue weighted by Gasteiger charge is -2.20. The maximum Gasteiger partial charge on any atom is 0.237 e. The molecule has 3 nitrogen and oxygen atoms in total. The summed E-state index contributed by atoms with van der Waals surface area (Å²) in [5.74, 6) is 2.41. The van der Waals surface area contributed by atoms with E-state index in [0.29, 0.717) is 6.04 Å². The number of rotatable bonds is 8. The summed E-state index contributed by atoms with van der Waals surface area (Å²) in [6, 6.07) is 0.499. The fraction of sp³-hybridized carbons (Fsp3) is 0.917. The first kappa shape index (κ1) is 15.8. The second kappa shape index (κ2) is 8.88. The van der Waals surface area contributed by atoms with E-state index in [0.717, 1.165) is 17.9 Å². The van der Waals surface area contributed by atoms with E-state index < -0.39 is 0 Å². The SMILES string of the molecule is CCSCCC(C)NC(C)C(=O)NC(C)C. The predicted molar refractivity (Wildman–Crippen MR) is 73.0 cm³/mol. The van der Waals surface area contributed by atoms with Gasteiger partial charge in [-0.2, -0.15) is 11.8 Å². The molecule has 0 aromatic heterocycles. The molecule has 0 rings (SSSR count). The lowest BCUT2D eigenvalue weighted by atomic mass is 10.2. The van der Waals surface area contributed by atoms with E-state index in [-0.39, 0.29) is 18.0 Å². The zero-order valence-electron chi connectivity index (χ0n) is 11.2. The van der Waals surface area contributed by atoms with Crippen LogP contribution < -0.4 is 10.6 Å². The molecule has 96 valence electrons. The molecule has 0 aromatic rings. The molecule has 0 bridgehead atoms. The third kappa shape index (κ3) is 7.99. The minimum absolute atomic E-state index is 0.0880. The summed E-state index contributed by atoms with van der Waals surface area (Å²) >= 11 is 1.94. The fourth-order valence-corrected chi connectivity index (χ4v) is 2.21. The molecule has 0 fully saturated rings. The summed E-state index contributed by atoms with van der Waals surface area (Å²) < 4.78 is 0. The normalized spacial score (nSPS) is 14.9. The molecular formula is C12H26N2OS. The zero-order valence-corrected chi connectivity index (χ0v) is 12.0. The number of hydrogen-bond donors (Lipinski definition) is 2. The molecule has 1 amide bonds. The standard InChI is InChI=1S/C12H26N2OS/c1-6-16-8-7-10(4)14-11(5)12(15)13-9(2)3/h9-11,14H,6-8H2,1-5H3,(H,13,15). The first-order valence-electron chi connectivity index (χ1n) is 6.11. The minimum atomic E-state index is -0.107. The summed E-state index contributed by atoms with van der Waals surface area (Å²) in [6.45, 7) is 10.2. The summed E-state index contributed by atoms with van der Waals surface area (Å²) in [7, 11) is 0. The van der Waals surface area contributed by atoms with E-state index in [1.165, 1.54) is 0 Å². The number of amides is 1. The van der Waals surface area contributed by atoms with Gasteiger partial charge in [0, 0.05) is 12.1 Å². The van der Waals surface area contributed by atoms with Crippen LogP contribution in [-0.2, 0) is 4.79 Å². The Bertz CT molecular complexity index is 197. The highest BCUT2D eigenvalue weighted by atomic mass is 32.2. The van der Waals surface area contributed by atoms with Crippen molar-refractivity contribution in [2.45, 2.75) is 59.2 Å². The molecule has 0 saturated heterocycles. The monoisotopic (exact) mass is 246 g/mol. The molecule has 0 saturated carbocycles. The van der Waals surface area contributed by atoms with Crippen LogP contribution in [-0.4, -0.2) is 35.5 Å². The highest BCUT2D eigenvalue weighted by Gasteiger charge is 2.15. The van der Waals surface area contributed by atoms with Crippen molar-refractivity contribution in [1.29, 1.82) is 0 Å². The van der Waals surface area contributed by atoms with Gasteiger partial charge in [-0.25, -0.2) is 0 Å². The lowest BCUT2D eigenvalue weighted by Crippen LogP contribution is -2.47. The number of nitrogens with one attached hydrogen (secondary N) is 2. The smallest absolute Gasteiger partial charge is 0.237 e. The zero-order chi connectivity index (χ0) is 12.6. The first-order chi connectivity index (χ1) is 7.47. The van der Waals surface area contributed by atoms with Crippen LogP contribution >= 0.6 is 11.8 Å². The van der Waals surface area contributed by atoms with Gasteiger partial charge in [-0.15, -0.1) is 0 Å². The Labute approximate surface area is 104 Å². The van der Waals surface area contributed by atoms with E-state index in [2.05, 4.69) is 24.5 Å². The molecule has 0 spiro atoms. The van der Waals surface area contributed by atoms with Crippen LogP contribution in [0, 0.1) is 0 Å². The number of hydrogen-bond acceptors (Lipinski definition) is 3. The van der Waals surface area contributed by atoms with Gasteiger partial charge in [0.25, 0.3) is 0 Å². The largest absolute Gasteiger partial charge is 0.353 e. The van der Waals surface area contributed by atoms with Gasteiger partial charge in [0.2, 0.25) is 5.91 Å². The van der Waals surface area contributed by atoms with E-state index in [1.54, 1.807) is 0 Å². The van der Waals surface area contributed by atoms with Crippen molar-refractivity contribution in [3.8, 4) is 0 Å².